The Kier molecular flexibility index (Phi) is 4.97. The number of halogens is 3. The van der Waals surface area contributed by atoms with E-state index in [1.54, 1.807) is 0 Å². The van der Waals surface area contributed by atoms with Crippen LogP contribution in [-0.2, 0) is 0 Å². The number of hydrogen-bond donors (Lipinski definition) is 4. The molecule has 0 aliphatic heterocycles. The zero-order valence-electron chi connectivity index (χ0n) is 11.7. The molecule has 0 radical (unpaired) electrons. The number of primary amides is 1. The Morgan fingerprint density at radius 3 is 2.41 bits per heavy atom. The lowest BCUT2D eigenvalue weighted by Gasteiger charge is -2.32. The number of aliphatic hydroxyl groups excluding tert-OH is 1. The van der Waals surface area contributed by atoms with Gasteiger partial charge >= 0.3 is 12.2 Å². The highest BCUT2D eigenvalue weighted by molar-refractivity contribution is 5.93. The van der Waals surface area contributed by atoms with Crippen molar-refractivity contribution < 1.29 is 27.9 Å². The second-order valence-corrected chi connectivity index (χ2v) is 5.02. The van der Waals surface area contributed by atoms with E-state index in [4.69, 9.17) is 5.73 Å². The summed E-state index contributed by atoms with van der Waals surface area (Å²) in [5.41, 5.74) is 2.93. The van der Waals surface area contributed by atoms with Crippen molar-refractivity contribution in [1.82, 2.24) is 10.3 Å². The summed E-state index contributed by atoms with van der Waals surface area (Å²) in [6, 6.07) is 2.99. The molecule has 0 saturated carbocycles. The number of carbonyl (C=O) groups is 2. The van der Waals surface area contributed by atoms with Crippen LogP contribution in [0.2, 0.25) is 0 Å². The molecule has 3 amide bonds. The van der Waals surface area contributed by atoms with Crippen LogP contribution < -0.4 is 16.4 Å². The van der Waals surface area contributed by atoms with Gasteiger partial charge in [0, 0.05) is 0 Å². The quantitative estimate of drug-likeness (QED) is 0.662. The Balaban J connectivity index is 2.78. The van der Waals surface area contributed by atoms with E-state index in [9.17, 15) is 27.9 Å². The molecule has 1 unspecified atom stereocenters. The van der Waals surface area contributed by atoms with E-state index < -0.39 is 29.8 Å². The number of alkyl halides is 3. The number of anilines is 1. The lowest BCUT2D eigenvalue weighted by Crippen LogP contribution is -2.58. The van der Waals surface area contributed by atoms with Gasteiger partial charge in [0.25, 0.3) is 5.91 Å². The van der Waals surface area contributed by atoms with E-state index in [2.05, 4.69) is 10.3 Å². The standard InChI is InChI=1S/C12H15F3N4O3/c1-11(2,9(21)12(13,14)15)19-10(22)18-7-5-3-4-6(17-7)8(16)20/h3-5,9,21H,1-2H3,(H2,16,20)(H2,17,18,19,22). The Labute approximate surface area is 123 Å². The number of carbonyl (C=O) groups excluding carboxylic acids is 2. The van der Waals surface area contributed by atoms with Gasteiger partial charge in [-0.3, -0.25) is 10.1 Å². The molecule has 22 heavy (non-hydrogen) atoms. The molecule has 1 heterocycles. The minimum Gasteiger partial charge on any atom is -0.382 e. The Morgan fingerprint density at radius 2 is 1.91 bits per heavy atom. The Hall–Kier alpha value is -2.36. The number of aromatic nitrogens is 1. The van der Waals surface area contributed by atoms with Gasteiger partial charge in [-0.25, -0.2) is 9.78 Å². The van der Waals surface area contributed by atoms with E-state index in [0.29, 0.717) is 0 Å². The summed E-state index contributed by atoms with van der Waals surface area (Å²) in [5.74, 6) is -0.900. The van der Waals surface area contributed by atoms with Gasteiger partial charge in [0.1, 0.15) is 11.5 Å². The Morgan fingerprint density at radius 1 is 1.32 bits per heavy atom. The van der Waals surface area contributed by atoms with Crippen molar-refractivity contribution in [1.29, 1.82) is 0 Å². The summed E-state index contributed by atoms with van der Waals surface area (Å²) >= 11 is 0. The molecule has 7 nitrogen and oxygen atoms in total. The van der Waals surface area contributed by atoms with Gasteiger partial charge in [-0.15, -0.1) is 0 Å². The average Bonchev–Trinajstić information content (AvgIpc) is 2.36. The second-order valence-electron chi connectivity index (χ2n) is 5.02. The maximum Gasteiger partial charge on any atom is 0.416 e. The van der Waals surface area contributed by atoms with Crippen LogP contribution in [0.4, 0.5) is 23.8 Å². The zero-order valence-corrected chi connectivity index (χ0v) is 11.7. The molecule has 0 fully saturated rings. The van der Waals surface area contributed by atoms with Crippen LogP contribution in [0.5, 0.6) is 0 Å². The molecule has 0 spiro atoms. The van der Waals surface area contributed by atoms with Crippen molar-refractivity contribution in [3.63, 3.8) is 0 Å². The summed E-state index contributed by atoms with van der Waals surface area (Å²) in [4.78, 5) is 26.3. The largest absolute Gasteiger partial charge is 0.416 e. The van der Waals surface area contributed by atoms with E-state index in [-0.39, 0.29) is 11.5 Å². The van der Waals surface area contributed by atoms with Crippen molar-refractivity contribution in [2.24, 2.45) is 5.73 Å². The SMILES string of the molecule is CC(C)(NC(=O)Nc1cccc(C(N)=O)n1)C(O)C(F)(F)F. The van der Waals surface area contributed by atoms with Gasteiger partial charge in [0.05, 0.1) is 5.54 Å². The Bertz CT molecular complexity index is 575. The van der Waals surface area contributed by atoms with Crippen LogP contribution in [0.1, 0.15) is 24.3 Å². The van der Waals surface area contributed by atoms with Crippen LogP contribution in [0.15, 0.2) is 18.2 Å². The molecule has 1 aromatic heterocycles. The first-order chi connectivity index (χ1) is 9.93. The van der Waals surface area contributed by atoms with E-state index in [0.717, 1.165) is 13.8 Å². The fourth-order valence-electron chi connectivity index (χ4n) is 1.56. The van der Waals surface area contributed by atoms with Crippen molar-refractivity contribution >= 4 is 17.8 Å². The summed E-state index contributed by atoms with van der Waals surface area (Å²) in [5, 5.41) is 13.3. The lowest BCUT2D eigenvalue weighted by molar-refractivity contribution is -0.221. The molecular formula is C12H15F3N4O3. The average molecular weight is 320 g/mol. The minimum atomic E-state index is -4.89. The highest BCUT2D eigenvalue weighted by Gasteiger charge is 2.48. The third-order valence-electron chi connectivity index (χ3n) is 2.67. The van der Waals surface area contributed by atoms with Crippen LogP contribution in [0.25, 0.3) is 0 Å². The second kappa shape index (κ2) is 6.18. The fraction of sp³-hybridized carbons (Fsp3) is 0.417. The number of amides is 3. The van der Waals surface area contributed by atoms with E-state index in [1.807, 2.05) is 5.32 Å². The first-order valence-electron chi connectivity index (χ1n) is 6.04. The van der Waals surface area contributed by atoms with Crippen molar-refractivity contribution in [2.75, 3.05) is 5.32 Å². The number of urea groups is 1. The number of nitrogens with two attached hydrogens (primary N) is 1. The molecule has 1 aromatic rings. The van der Waals surface area contributed by atoms with Gasteiger partial charge in [0.15, 0.2) is 6.10 Å². The maximum absolute atomic E-state index is 12.5. The van der Waals surface area contributed by atoms with Gasteiger partial charge in [-0.1, -0.05) is 6.07 Å². The number of hydrogen-bond acceptors (Lipinski definition) is 4. The lowest BCUT2D eigenvalue weighted by atomic mass is 9.97. The maximum atomic E-state index is 12.5. The third kappa shape index (κ3) is 4.58. The van der Waals surface area contributed by atoms with Crippen LogP contribution >= 0.6 is 0 Å². The van der Waals surface area contributed by atoms with Crippen LogP contribution in [-0.4, -0.2) is 39.8 Å². The summed E-state index contributed by atoms with van der Waals surface area (Å²) < 4.78 is 37.4. The van der Waals surface area contributed by atoms with Crippen molar-refractivity contribution in [3.8, 4) is 0 Å². The molecular weight excluding hydrogens is 305 g/mol. The topological polar surface area (TPSA) is 117 Å². The van der Waals surface area contributed by atoms with Gasteiger partial charge in [-0.2, -0.15) is 13.2 Å². The van der Waals surface area contributed by atoms with Crippen LogP contribution in [0.3, 0.4) is 0 Å². The minimum absolute atomic E-state index is 0.0777. The molecule has 1 atom stereocenters. The van der Waals surface area contributed by atoms with Crippen molar-refractivity contribution in [3.05, 3.63) is 23.9 Å². The summed E-state index contributed by atoms with van der Waals surface area (Å²) in [7, 11) is 0. The highest BCUT2D eigenvalue weighted by atomic mass is 19.4. The molecule has 0 aromatic carbocycles. The normalized spacial score (nSPS) is 13.4. The molecule has 122 valence electrons. The molecule has 0 bridgehead atoms. The monoisotopic (exact) mass is 320 g/mol. The van der Waals surface area contributed by atoms with Crippen LogP contribution in [0, 0.1) is 0 Å². The third-order valence-corrected chi connectivity index (χ3v) is 2.67. The van der Waals surface area contributed by atoms with Crippen molar-refractivity contribution in [2.45, 2.75) is 31.7 Å². The summed E-state index contributed by atoms with van der Waals surface area (Å²) in [6.45, 7) is 2.02. The van der Waals surface area contributed by atoms with E-state index >= 15 is 0 Å². The first-order valence-corrected chi connectivity index (χ1v) is 6.04. The predicted molar refractivity (Wildman–Crippen MR) is 71.1 cm³/mol. The zero-order chi connectivity index (χ0) is 17.1. The molecule has 10 heteroatoms. The summed E-state index contributed by atoms with van der Waals surface area (Å²) in [6.07, 6.45) is -7.64. The van der Waals surface area contributed by atoms with E-state index in [1.165, 1.54) is 18.2 Å². The molecule has 5 N–H and O–H groups in total. The molecule has 1 rings (SSSR count). The smallest absolute Gasteiger partial charge is 0.382 e. The number of rotatable bonds is 4. The number of nitrogens with one attached hydrogen (secondary N) is 2. The highest BCUT2D eigenvalue weighted by Crippen LogP contribution is 2.27. The predicted octanol–water partition coefficient (Wildman–Crippen LogP) is 1.00. The molecule has 0 saturated heterocycles. The molecule has 0 aliphatic rings. The fourth-order valence-corrected chi connectivity index (χ4v) is 1.56. The van der Waals surface area contributed by atoms with Gasteiger partial charge < -0.3 is 16.2 Å². The molecule has 0 aliphatic carbocycles. The van der Waals surface area contributed by atoms with Gasteiger partial charge in [0.2, 0.25) is 0 Å². The number of aliphatic hydroxyl groups is 1. The number of pyridine rings is 1. The first kappa shape index (κ1) is 17.7. The number of nitrogens with zero attached hydrogens (tertiary/aromatic N) is 1. The van der Waals surface area contributed by atoms with Gasteiger partial charge in [-0.05, 0) is 26.0 Å².